The van der Waals surface area contributed by atoms with Gasteiger partial charge in [0.1, 0.15) is 0 Å². The SMILES string of the molecule is CCO[Si](=O)O.CCO[Si](C)(OCC)OCC. The van der Waals surface area contributed by atoms with Crippen LogP contribution in [0.1, 0.15) is 27.7 Å². The zero-order valence-corrected chi connectivity index (χ0v) is 13.3. The van der Waals surface area contributed by atoms with Gasteiger partial charge in [0.15, 0.2) is 0 Å². The van der Waals surface area contributed by atoms with Gasteiger partial charge in [0.2, 0.25) is 0 Å². The molecule has 0 aromatic carbocycles. The van der Waals surface area contributed by atoms with E-state index in [1.165, 1.54) is 0 Å². The maximum absolute atomic E-state index is 9.56. The van der Waals surface area contributed by atoms with E-state index in [2.05, 4.69) is 4.43 Å². The van der Waals surface area contributed by atoms with Crippen molar-refractivity contribution in [2.24, 2.45) is 0 Å². The van der Waals surface area contributed by atoms with Crippen LogP contribution in [0, 0.1) is 0 Å². The van der Waals surface area contributed by atoms with E-state index in [-0.39, 0.29) is 0 Å². The lowest BCUT2D eigenvalue weighted by molar-refractivity contribution is 0.0783. The molecule has 0 aliphatic heterocycles. The Balaban J connectivity index is 0. The molecule has 8 heteroatoms. The fourth-order valence-electron chi connectivity index (χ4n) is 1.04. The molecule has 6 nitrogen and oxygen atoms in total. The molecule has 0 saturated heterocycles. The van der Waals surface area contributed by atoms with Gasteiger partial charge >= 0.3 is 18.0 Å². The molecule has 0 aromatic heterocycles. The summed E-state index contributed by atoms with van der Waals surface area (Å²) >= 11 is 0. The number of rotatable bonds is 8. The highest BCUT2D eigenvalue weighted by Crippen LogP contribution is 2.08. The van der Waals surface area contributed by atoms with Crippen LogP contribution in [0.4, 0.5) is 0 Å². The molecule has 0 atom stereocenters. The fraction of sp³-hybridized carbons (Fsp3) is 1.00. The van der Waals surface area contributed by atoms with Crippen LogP contribution >= 0.6 is 0 Å². The second-order valence-corrected chi connectivity index (χ2v) is 6.27. The van der Waals surface area contributed by atoms with Crippen LogP contribution in [-0.4, -0.2) is 49.2 Å². The molecule has 0 bridgehead atoms. The predicted octanol–water partition coefficient (Wildman–Crippen LogP) is 1.10. The lowest BCUT2D eigenvalue weighted by atomic mass is 10.9. The third-order valence-electron chi connectivity index (χ3n) is 1.49. The maximum Gasteiger partial charge on any atom is 0.764 e. The first-order valence-electron chi connectivity index (χ1n) is 5.73. The molecule has 0 aromatic rings. The van der Waals surface area contributed by atoms with Crippen molar-refractivity contribution in [3.05, 3.63) is 0 Å². The summed E-state index contributed by atoms with van der Waals surface area (Å²) in [6.07, 6.45) is 0. The van der Waals surface area contributed by atoms with E-state index in [4.69, 9.17) is 18.1 Å². The summed E-state index contributed by atoms with van der Waals surface area (Å²) < 4.78 is 29.9. The predicted molar refractivity (Wildman–Crippen MR) is 66.8 cm³/mol. The third kappa shape index (κ3) is 13.7. The largest absolute Gasteiger partial charge is 0.764 e. The summed E-state index contributed by atoms with van der Waals surface area (Å²) in [5.41, 5.74) is 0. The average molecular weight is 284 g/mol. The van der Waals surface area contributed by atoms with E-state index >= 15 is 0 Å². The van der Waals surface area contributed by atoms with Crippen molar-refractivity contribution in [1.82, 2.24) is 0 Å². The number of hydrogen-bond acceptors (Lipinski definition) is 5. The summed E-state index contributed by atoms with van der Waals surface area (Å²) in [7, 11) is -4.88. The lowest BCUT2D eigenvalue weighted by Crippen LogP contribution is -2.42. The molecular formula is C9H24O6Si2. The van der Waals surface area contributed by atoms with Crippen molar-refractivity contribution in [2.45, 2.75) is 34.2 Å². The summed E-state index contributed by atoms with van der Waals surface area (Å²) in [6, 6.07) is 0. The van der Waals surface area contributed by atoms with Crippen molar-refractivity contribution in [3.63, 3.8) is 0 Å². The standard InChI is InChI=1S/C7H18O3Si.C2H6O3Si/c1-5-8-11(4,9-6-2)10-7-3;1-2-5-6(3)4/h5-7H2,1-4H3;3H,2H2,1H3. The lowest BCUT2D eigenvalue weighted by Gasteiger charge is -2.23. The Bertz CT molecular complexity index is 173. The highest BCUT2D eigenvalue weighted by Gasteiger charge is 2.32. The molecule has 0 radical (unpaired) electrons. The topological polar surface area (TPSA) is 74.2 Å². The van der Waals surface area contributed by atoms with Gasteiger partial charge < -0.3 is 22.5 Å². The van der Waals surface area contributed by atoms with Gasteiger partial charge in [0.05, 0.1) is 6.61 Å². The monoisotopic (exact) mass is 284 g/mol. The summed E-state index contributed by atoms with van der Waals surface area (Å²) in [5, 5.41) is 0. The summed E-state index contributed by atoms with van der Waals surface area (Å²) in [6.45, 7) is 11.7. The molecular weight excluding hydrogens is 260 g/mol. The first-order valence-corrected chi connectivity index (χ1v) is 9.22. The molecule has 0 saturated carbocycles. The van der Waals surface area contributed by atoms with Gasteiger partial charge in [0.25, 0.3) is 0 Å². The molecule has 0 unspecified atom stereocenters. The van der Waals surface area contributed by atoms with Crippen molar-refractivity contribution >= 4 is 18.0 Å². The third-order valence-corrected chi connectivity index (χ3v) is 4.46. The van der Waals surface area contributed by atoms with Crippen molar-refractivity contribution in [1.29, 1.82) is 0 Å². The summed E-state index contributed by atoms with van der Waals surface area (Å²) in [4.78, 5) is 7.88. The first kappa shape index (κ1) is 19.1. The van der Waals surface area contributed by atoms with E-state index in [0.29, 0.717) is 26.4 Å². The van der Waals surface area contributed by atoms with Gasteiger partial charge in [-0.3, -0.25) is 4.46 Å². The normalized spacial score (nSPS) is 10.4. The second kappa shape index (κ2) is 12.2. The van der Waals surface area contributed by atoms with Crippen LogP contribution in [0.5, 0.6) is 0 Å². The van der Waals surface area contributed by atoms with Crippen molar-refractivity contribution in [3.8, 4) is 0 Å². The van der Waals surface area contributed by atoms with E-state index in [9.17, 15) is 4.46 Å². The Morgan fingerprint density at radius 2 is 1.29 bits per heavy atom. The van der Waals surface area contributed by atoms with Crippen LogP contribution in [0.25, 0.3) is 0 Å². The van der Waals surface area contributed by atoms with Crippen LogP contribution in [0.2, 0.25) is 6.55 Å². The Morgan fingerprint density at radius 1 is 0.941 bits per heavy atom. The Morgan fingerprint density at radius 3 is 1.41 bits per heavy atom. The van der Waals surface area contributed by atoms with Gasteiger partial charge in [0, 0.05) is 26.4 Å². The summed E-state index contributed by atoms with van der Waals surface area (Å²) in [5.74, 6) is 0. The first-order chi connectivity index (χ1) is 7.95. The minimum absolute atomic E-state index is 0.314. The molecule has 0 rings (SSSR count). The molecule has 0 fully saturated rings. The zero-order valence-electron chi connectivity index (χ0n) is 11.3. The zero-order chi connectivity index (χ0) is 13.7. The highest BCUT2D eigenvalue weighted by atomic mass is 28.4. The molecule has 0 heterocycles. The van der Waals surface area contributed by atoms with E-state index < -0.39 is 18.0 Å². The molecule has 104 valence electrons. The van der Waals surface area contributed by atoms with Crippen LogP contribution in [-0.2, 0) is 22.2 Å². The van der Waals surface area contributed by atoms with Gasteiger partial charge in [-0.25, -0.2) is 0 Å². The maximum atomic E-state index is 9.56. The van der Waals surface area contributed by atoms with Gasteiger partial charge in [-0.1, -0.05) is 0 Å². The Labute approximate surface area is 106 Å². The van der Waals surface area contributed by atoms with Gasteiger partial charge in [-0.15, -0.1) is 0 Å². The highest BCUT2D eigenvalue weighted by molar-refractivity contribution is 6.59. The Hall–Kier alpha value is -0.286. The molecule has 0 aliphatic carbocycles. The van der Waals surface area contributed by atoms with E-state index in [1.807, 2.05) is 27.3 Å². The second-order valence-electron chi connectivity index (χ2n) is 2.86. The van der Waals surface area contributed by atoms with Crippen molar-refractivity contribution in [2.75, 3.05) is 26.4 Å². The minimum Gasteiger partial charge on any atom is -0.511 e. The van der Waals surface area contributed by atoms with E-state index in [1.54, 1.807) is 6.92 Å². The van der Waals surface area contributed by atoms with Crippen LogP contribution < -0.4 is 0 Å². The van der Waals surface area contributed by atoms with E-state index in [0.717, 1.165) is 0 Å². The molecule has 0 amide bonds. The molecule has 17 heavy (non-hydrogen) atoms. The van der Waals surface area contributed by atoms with Crippen LogP contribution in [0.3, 0.4) is 0 Å². The van der Waals surface area contributed by atoms with Crippen LogP contribution in [0.15, 0.2) is 0 Å². The average Bonchev–Trinajstić information content (AvgIpc) is 2.19. The van der Waals surface area contributed by atoms with Crippen molar-refractivity contribution < 1.29 is 27.0 Å². The number of hydrogen-bond donors (Lipinski definition) is 1. The van der Waals surface area contributed by atoms with Gasteiger partial charge in [-0.2, -0.15) is 0 Å². The molecule has 1 N–H and O–H groups in total. The molecule has 0 aliphatic rings. The Kier molecular flexibility index (Phi) is 13.7. The smallest absolute Gasteiger partial charge is 0.511 e. The van der Waals surface area contributed by atoms with Gasteiger partial charge in [-0.05, 0) is 27.7 Å². The quantitative estimate of drug-likeness (QED) is 0.673. The fourth-order valence-corrected chi connectivity index (χ4v) is 3.11. The molecule has 0 spiro atoms. The minimum atomic E-state index is -2.64.